The highest BCUT2D eigenvalue weighted by Gasteiger charge is 2.14. The number of nitrogens with one attached hydrogen (secondary N) is 1. The van der Waals surface area contributed by atoms with E-state index in [1.54, 1.807) is 12.4 Å². The van der Waals surface area contributed by atoms with Crippen LogP contribution in [-0.2, 0) is 0 Å². The molecule has 0 saturated carbocycles. The van der Waals surface area contributed by atoms with E-state index in [2.05, 4.69) is 27.1 Å². The molecule has 2 rings (SSSR count). The quantitative estimate of drug-likeness (QED) is 0.792. The van der Waals surface area contributed by atoms with Gasteiger partial charge in [-0.05, 0) is 32.9 Å². The Hall–Kier alpha value is -1.36. The maximum atomic E-state index is 5.48. The normalized spacial score (nSPS) is 18.6. The highest BCUT2D eigenvalue weighted by atomic mass is 15.2. The summed E-state index contributed by atoms with van der Waals surface area (Å²) in [6.45, 7) is 5.67. The Morgan fingerprint density at radius 1 is 1.38 bits per heavy atom. The molecule has 1 fully saturated rings. The summed E-state index contributed by atoms with van der Waals surface area (Å²) < 4.78 is 0. The molecular formula is C11H19N5. The lowest BCUT2D eigenvalue weighted by Crippen LogP contribution is -2.33. The van der Waals surface area contributed by atoms with Crippen LogP contribution in [0.3, 0.4) is 0 Å². The van der Waals surface area contributed by atoms with Crippen LogP contribution in [0, 0.1) is 0 Å². The number of aromatic nitrogens is 2. The largest absolute Gasteiger partial charge is 0.382 e. The first kappa shape index (κ1) is 11.1. The van der Waals surface area contributed by atoms with Gasteiger partial charge in [-0.2, -0.15) is 0 Å². The minimum atomic E-state index is 0.385. The lowest BCUT2D eigenvalue weighted by atomic mass is 10.3. The van der Waals surface area contributed by atoms with E-state index in [-0.39, 0.29) is 0 Å². The van der Waals surface area contributed by atoms with Crippen molar-refractivity contribution in [2.24, 2.45) is 0 Å². The molecule has 1 aromatic heterocycles. The van der Waals surface area contributed by atoms with Crippen LogP contribution in [0.15, 0.2) is 12.4 Å². The minimum Gasteiger partial charge on any atom is -0.382 e. The van der Waals surface area contributed by atoms with Crippen molar-refractivity contribution in [2.75, 3.05) is 30.7 Å². The van der Waals surface area contributed by atoms with Gasteiger partial charge in [0.1, 0.15) is 11.6 Å². The monoisotopic (exact) mass is 221 g/mol. The first-order chi connectivity index (χ1) is 7.74. The lowest BCUT2D eigenvalue weighted by Gasteiger charge is -2.21. The van der Waals surface area contributed by atoms with E-state index >= 15 is 0 Å². The fourth-order valence-electron chi connectivity index (χ4n) is 2.06. The van der Waals surface area contributed by atoms with Crippen molar-refractivity contribution in [1.82, 2.24) is 14.9 Å². The number of nitrogens with two attached hydrogens (primary N) is 1. The van der Waals surface area contributed by atoms with Gasteiger partial charge in [0.15, 0.2) is 0 Å². The molecule has 1 atom stereocenters. The van der Waals surface area contributed by atoms with Crippen molar-refractivity contribution in [3.8, 4) is 0 Å². The summed E-state index contributed by atoms with van der Waals surface area (Å²) in [7, 11) is 0. The number of hydrogen-bond donors (Lipinski definition) is 2. The third kappa shape index (κ3) is 3.06. The third-order valence-electron chi connectivity index (χ3n) is 2.80. The van der Waals surface area contributed by atoms with E-state index < -0.39 is 0 Å². The van der Waals surface area contributed by atoms with Crippen molar-refractivity contribution in [3.05, 3.63) is 12.4 Å². The van der Waals surface area contributed by atoms with Crippen LogP contribution in [0.1, 0.15) is 19.8 Å². The Labute approximate surface area is 96.1 Å². The van der Waals surface area contributed by atoms with Crippen LogP contribution >= 0.6 is 0 Å². The van der Waals surface area contributed by atoms with Crippen molar-refractivity contribution in [2.45, 2.75) is 25.8 Å². The Balaban J connectivity index is 1.81. The average molecular weight is 221 g/mol. The van der Waals surface area contributed by atoms with Gasteiger partial charge in [0.2, 0.25) is 0 Å². The van der Waals surface area contributed by atoms with E-state index in [0.29, 0.717) is 11.9 Å². The van der Waals surface area contributed by atoms with Crippen LogP contribution in [-0.4, -0.2) is 40.5 Å². The molecule has 0 radical (unpaired) electrons. The average Bonchev–Trinajstić information content (AvgIpc) is 2.74. The van der Waals surface area contributed by atoms with Gasteiger partial charge in [0.25, 0.3) is 0 Å². The molecule has 0 bridgehead atoms. The second kappa shape index (κ2) is 5.12. The van der Waals surface area contributed by atoms with E-state index in [1.165, 1.54) is 25.9 Å². The topological polar surface area (TPSA) is 67.1 Å². The summed E-state index contributed by atoms with van der Waals surface area (Å²) >= 11 is 0. The maximum Gasteiger partial charge on any atom is 0.144 e. The number of anilines is 2. The van der Waals surface area contributed by atoms with Gasteiger partial charge in [-0.3, -0.25) is 0 Å². The van der Waals surface area contributed by atoms with Crippen molar-refractivity contribution >= 4 is 11.6 Å². The molecule has 16 heavy (non-hydrogen) atoms. The summed E-state index contributed by atoms with van der Waals surface area (Å²) in [5.74, 6) is 1.25. The lowest BCUT2D eigenvalue weighted by molar-refractivity contribution is 0.327. The SMILES string of the molecule is CC(CN1CCCC1)Nc1cnc(N)cn1. The molecule has 1 aliphatic heterocycles. The van der Waals surface area contributed by atoms with Gasteiger partial charge in [0, 0.05) is 12.6 Å². The zero-order valence-corrected chi connectivity index (χ0v) is 9.69. The predicted molar refractivity (Wildman–Crippen MR) is 65.2 cm³/mol. The summed E-state index contributed by atoms with van der Waals surface area (Å²) in [4.78, 5) is 10.7. The standard InChI is InChI=1S/C11H19N5/c1-9(8-16-4-2-3-5-16)15-11-7-13-10(12)6-14-11/h6-7,9H,2-5,8H2,1H3,(H2,12,13)(H,14,15). The Kier molecular flexibility index (Phi) is 3.56. The molecule has 5 nitrogen and oxygen atoms in total. The summed E-state index contributed by atoms with van der Waals surface area (Å²) in [5.41, 5.74) is 5.48. The Morgan fingerprint density at radius 2 is 2.12 bits per heavy atom. The molecule has 0 aliphatic carbocycles. The third-order valence-corrected chi connectivity index (χ3v) is 2.80. The van der Waals surface area contributed by atoms with Crippen molar-refractivity contribution < 1.29 is 0 Å². The minimum absolute atomic E-state index is 0.385. The molecule has 88 valence electrons. The first-order valence-corrected chi connectivity index (χ1v) is 5.80. The van der Waals surface area contributed by atoms with Crippen molar-refractivity contribution in [1.29, 1.82) is 0 Å². The zero-order chi connectivity index (χ0) is 11.4. The highest BCUT2D eigenvalue weighted by Crippen LogP contribution is 2.10. The molecule has 0 spiro atoms. The van der Waals surface area contributed by atoms with Gasteiger partial charge in [-0.1, -0.05) is 0 Å². The highest BCUT2D eigenvalue weighted by molar-refractivity contribution is 5.36. The number of rotatable bonds is 4. The summed E-state index contributed by atoms with van der Waals surface area (Å²) in [6, 6.07) is 0.385. The summed E-state index contributed by atoms with van der Waals surface area (Å²) in [6.07, 6.45) is 5.91. The van der Waals surface area contributed by atoms with E-state index in [0.717, 1.165) is 12.4 Å². The maximum absolute atomic E-state index is 5.48. The van der Waals surface area contributed by atoms with Gasteiger partial charge in [0.05, 0.1) is 12.4 Å². The molecule has 0 aromatic carbocycles. The van der Waals surface area contributed by atoms with E-state index in [1.807, 2.05) is 0 Å². The van der Waals surface area contributed by atoms with Gasteiger partial charge in [-0.15, -0.1) is 0 Å². The molecular weight excluding hydrogens is 202 g/mol. The molecule has 1 saturated heterocycles. The Morgan fingerprint density at radius 3 is 2.75 bits per heavy atom. The van der Waals surface area contributed by atoms with Crippen LogP contribution < -0.4 is 11.1 Å². The summed E-state index contributed by atoms with van der Waals surface area (Å²) in [5, 5.41) is 3.33. The van der Waals surface area contributed by atoms with Gasteiger partial charge in [-0.25, -0.2) is 9.97 Å². The van der Waals surface area contributed by atoms with Crippen molar-refractivity contribution in [3.63, 3.8) is 0 Å². The number of nitrogens with zero attached hydrogens (tertiary/aromatic N) is 3. The van der Waals surface area contributed by atoms with E-state index in [4.69, 9.17) is 5.73 Å². The van der Waals surface area contributed by atoms with Crippen LogP contribution in [0.2, 0.25) is 0 Å². The molecule has 5 heteroatoms. The molecule has 1 aromatic rings. The molecule has 0 amide bonds. The Bertz CT molecular complexity index is 318. The number of hydrogen-bond acceptors (Lipinski definition) is 5. The first-order valence-electron chi connectivity index (χ1n) is 5.80. The molecule has 2 heterocycles. The second-order valence-electron chi connectivity index (χ2n) is 4.38. The van der Waals surface area contributed by atoms with Crippen LogP contribution in [0.4, 0.5) is 11.6 Å². The molecule has 3 N–H and O–H groups in total. The number of likely N-dealkylation sites (tertiary alicyclic amines) is 1. The fourth-order valence-corrected chi connectivity index (χ4v) is 2.06. The molecule has 1 unspecified atom stereocenters. The van der Waals surface area contributed by atoms with Gasteiger partial charge < -0.3 is 16.0 Å². The van der Waals surface area contributed by atoms with E-state index in [9.17, 15) is 0 Å². The van der Waals surface area contributed by atoms with Crippen LogP contribution in [0.25, 0.3) is 0 Å². The second-order valence-corrected chi connectivity index (χ2v) is 4.38. The number of nitrogen functional groups attached to an aromatic ring is 1. The van der Waals surface area contributed by atoms with Gasteiger partial charge >= 0.3 is 0 Å². The fraction of sp³-hybridized carbons (Fsp3) is 0.636. The van der Waals surface area contributed by atoms with Crippen LogP contribution in [0.5, 0.6) is 0 Å². The smallest absolute Gasteiger partial charge is 0.144 e. The zero-order valence-electron chi connectivity index (χ0n) is 9.69. The predicted octanol–water partition coefficient (Wildman–Crippen LogP) is 0.955. The molecule has 1 aliphatic rings.